The molecule has 3 heterocycles. The molecule has 0 aliphatic carbocycles. The predicted molar refractivity (Wildman–Crippen MR) is 129 cm³/mol. The zero-order valence-electron chi connectivity index (χ0n) is 17.9. The first-order valence-electron chi connectivity index (χ1n) is 10.5. The fourth-order valence-corrected chi connectivity index (χ4v) is 4.00. The van der Waals surface area contributed by atoms with Gasteiger partial charge in [-0.2, -0.15) is 10.2 Å². The highest BCUT2D eigenvalue weighted by Gasteiger charge is 2.16. The number of aromatic nitrogens is 5. The molecule has 0 radical (unpaired) electrons. The standard InChI is InChI=1S/C25H21ClN6O/c1-17-24-22(19-5-3-2-4-6-19)11-12-27-25(24)32(30-17)16-23(33)29-21-13-28-31(15-21)14-18-7-9-20(26)10-8-18/h2-13,15H,14,16H2,1H3,(H,29,33). The van der Waals surface area contributed by atoms with Crippen LogP contribution in [0.2, 0.25) is 5.02 Å². The summed E-state index contributed by atoms with van der Waals surface area (Å²) in [6.07, 6.45) is 5.18. The second kappa shape index (κ2) is 8.88. The van der Waals surface area contributed by atoms with Crippen molar-refractivity contribution in [1.29, 1.82) is 0 Å². The zero-order valence-corrected chi connectivity index (χ0v) is 18.7. The van der Waals surface area contributed by atoms with Crippen LogP contribution in [0.5, 0.6) is 0 Å². The summed E-state index contributed by atoms with van der Waals surface area (Å²) in [4.78, 5) is 17.2. The van der Waals surface area contributed by atoms with Gasteiger partial charge < -0.3 is 5.32 Å². The van der Waals surface area contributed by atoms with E-state index in [1.807, 2.05) is 55.5 Å². The number of halogens is 1. The molecule has 5 rings (SSSR count). The second-order valence-electron chi connectivity index (χ2n) is 7.77. The predicted octanol–water partition coefficient (Wildman–Crippen LogP) is 4.94. The highest BCUT2D eigenvalue weighted by molar-refractivity contribution is 6.30. The Balaban J connectivity index is 1.32. The molecule has 8 heteroatoms. The SMILES string of the molecule is Cc1nn(CC(=O)Nc2cnn(Cc3ccc(Cl)cc3)c2)c2nccc(-c3ccccc3)c12. The summed E-state index contributed by atoms with van der Waals surface area (Å²) in [5, 5.41) is 13.5. The van der Waals surface area contributed by atoms with Gasteiger partial charge in [-0.25, -0.2) is 9.67 Å². The summed E-state index contributed by atoms with van der Waals surface area (Å²) >= 11 is 5.94. The molecule has 0 saturated carbocycles. The maximum Gasteiger partial charge on any atom is 0.246 e. The van der Waals surface area contributed by atoms with E-state index in [0.29, 0.717) is 22.9 Å². The van der Waals surface area contributed by atoms with Gasteiger partial charge in [-0.05, 0) is 41.8 Å². The molecular formula is C25H21ClN6O. The minimum atomic E-state index is -0.197. The topological polar surface area (TPSA) is 77.6 Å². The first kappa shape index (κ1) is 20.9. The zero-order chi connectivity index (χ0) is 22.8. The third-order valence-electron chi connectivity index (χ3n) is 5.36. The molecule has 0 bridgehead atoms. The number of rotatable bonds is 6. The van der Waals surface area contributed by atoms with Gasteiger partial charge >= 0.3 is 0 Å². The van der Waals surface area contributed by atoms with E-state index in [9.17, 15) is 4.79 Å². The van der Waals surface area contributed by atoms with Gasteiger partial charge in [-0.1, -0.05) is 54.1 Å². The lowest BCUT2D eigenvalue weighted by molar-refractivity contribution is -0.116. The van der Waals surface area contributed by atoms with Crippen molar-refractivity contribution < 1.29 is 4.79 Å². The van der Waals surface area contributed by atoms with E-state index in [1.165, 1.54) is 0 Å². The lowest BCUT2D eigenvalue weighted by Crippen LogP contribution is -2.19. The molecule has 5 aromatic rings. The van der Waals surface area contributed by atoms with Gasteiger partial charge in [0.05, 0.1) is 24.1 Å². The van der Waals surface area contributed by atoms with E-state index in [1.54, 1.807) is 28.0 Å². The lowest BCUT2D eigenvalue weighted by Gasteiger charge is -2.06. The van der Waals surface area contributed by atoms with Gasteiger partial charge in [-0.15, -0.1) is 0 Å². The van der Waals surface area contributed by atoms with Crippen LogP contribution in [0.4, 0.5) is 5.69 Å². The molecule has 0 spiro atoms. The number of fused-ring (bicyclic) bond motifs is 1. The fraction of sp³-hybridized carbons (Fsp3) is 0.120. The molecule has 2 aromatic carbocycles. The third kappa shape index (κ3) is 4.49. The van der Waals surface area contributed by atoms with Gasteiger partial charge in [0, 0.05) is 22.8 Å². The van der Waals surface area contributed by atoms with Crippen LogP contribution >= 0.6 is 11.6 Å². The normalized spacial score (nSPS) is 11.1. The van der Waals surface area contributed by atoms with Gasteiger partial charge in [0.15, 0.2) is 5.65 Å². The summed E-state index contributed by atoms with van der Waals surface area (Å²) in [6, 6.07) is 19.7. The van der Waals surface area contributed by atoms with Crippen LogP contribution in [0.3, 0.4) is 0 Å². The number of nitrogens with zero attached hydrogens (tertiary/aromatic N) is 5. The van der Waals surface area contributed by atoms with Crippen molar-refractivity contribution >= 4 is 34.2 Å². The number of carbonyl (C=O) groups is 1. The number of benzene rings is 2. The van der Waals surface area contributed by atoms with E-state index in [2.05, 4.69) is 32.6 Å². The van der Waals surface area contributed by atoms with E-state index in [0.717, 1.165) is 27.8 Å². The smallest absolute Gasteiger partial charge is 0.246 e. The number of aryl methyl sites for hydroxylation is 1. The van der Waals surface area contributed by atoms with Gasteiger partial charge in [0.2, 0.25) is 5.91 Å². The Kier molecular flexibility index (Phi) is 5.62. The Morgan fingerprint density at radius 1 is 1.06 bits per heavy atom. The highest BCUT2D eigenvalue weighted by Crippen LogP contribution is 2.29. The molecule has 0 saturated heterocycles. The average Bonchev–Trinajstić information content (AvgIpc) is 3.39. The molecule has 3 aromatic heterocycles. The van der Waals surface area contributed by atoms with Crippen LogP contribution in [0.15, 0.2) is 79.3 Å². The van der Waals surface area contributed by atoms with Crippen molar-refractivity contribution in [2.75, 3.05) is 5.32 Å². The fourth-order valence-electron chi connectivity index (χ4n) is 3.88. The number of hydrogen-bond acceptors (Lipinski definition) is 4. The molecular weight excluding hydrogens is 436 g/mol. The van der Waals surface area contributed by atoms with E-state index in [4.69, 9.17) is 11.6 Å². The van der Waals surface area contributed by atoms with Crippen molar-refractivity contribution in [2.45, 2.75) is 20.0 Å². The first-order valence-corrected chi connectivity index (χ1v) is 10.9. The van der Waals surface area contributed by atoms with Crippen molar-refractivity contribution in [3.8, 4) is 11.1 Å². The Labute approximate surface area is 195 Å². The van der Waals surface area contributed by atoms with Crippen molar-refractivity contribution in [3.05, 3.63) is 95.5 Å². The van der Waals surface area contributed by atoms with Gasteiger partial charge in [0.25, 0.3) is 0 Å². The number of carbonyl (C=O) groups excluding carboxylic acids is 1. The van der Waals surface area contributed by atoms with Crippen LogP contribution in [-0.2, 0) is 17.9 Å². The quantitative estimate of drug-likeness (QED) is 0.392. The first-order chi connectivity index (χ1) is 16.1. The molecule has 0 unspecified atom stereocenters. The van der Waals surface area contributed by atoms with Crippen LogP contribution in [0.25, 0.3) is 22.2 Å². The van der Waals surface area contributed by atoms with Crippen LogP contribution in [0.1, 0.15) is 11.3 Å². The molecule has 0 fully saturated rings. The number of hydrogen-bond donors (Lipinski definition) is 1. The van der Waals surface area contributed by atoms with E-state index in [-0.39, 0.29) is 12.5 Å². The summed E-state index contributed by atoms with van der Waals surface area (Å²) in [7, 11) is 0. The van der Waals surface area contributed by atoms with Crippen molar-refractivity contribution in [2.24, 2.45) is 0 Å². The summed E-state index contributed by atoms with van der Waals surface area (Å²) in [5.41, 5.74) is 5.35. The molecule has 7 nitrogen and oxygen atoms in total. The number of amides is 1. The maximum absolute atomic E-state index is 12.7. The van der Waals surface area contributed by atoms with Gasteiger partial charge in [0.1, 0.15) is 6.54 Å². The van der Waals surface area contributed by atoms with E-state index < -0.39 is 0 Å². The Morgan fingerprint density at radius 2 is 1.85 bits per heavy atom. The Bertz CT molecular complexity index is 1420. The highest BCUT2D eigenvalue weighted by atomic mass is 35.5. The molecule has 164 valence electrons. The Morgan fingerprint density at radius 3 is 2.64 bits per heavy atom. The maximum atomic E-state index is 12.7. The Hall–Kier alpha value is -3.97. The summed E-state index contributed by atoms with van der Waals surface area (Å²) in [6.45, 7) is 2.58. The number of anilines is 1. The monoisotopic (exact) mass is 456 g/mol. The van der Waals surface area contributed by atoms with Crippen LogP contribution < -0.4 is 5.32 Å². The third-order valence-corrected chi connectivity index (χ3v) is 5.61. The average molecular weight is 457 g/mol. The van der Waals surface area contributed by atoms with Crippen molar-refractivity contribution in [1.82, 2.24) is 24.5 Å². The largest absolute Gasteiger partial charge is 0.322 e. The van der Waals surface area contributed by atoms with Gasteiger partial charge in [-0.3, -0.25) is 9.48 Å². The lowest BCUT2D eigenvalue weighted by atomic mass is 10.0. The molecule has 0 aliphatic heterocycles. The number of pyridine rings is 1. The van der Waals surface area contributed by atoms with Crippen molar-refractivity contribution in [3.63, 3.8) is 0 Å². The molecule has 1 N–H and O–H groups in total. The second-order valence-corrected chi connectivity index (χ2v) is 8.20. The molecule has 1 amide bonds. The van der Waals surface area contributed by atoms with Crippen LogP contribution in [0, 0.1) is 6.92 Å². The minimum Gasteiger partial charge on any atom is -0.322 e. The van der Waals surface area contributed by atoms with E-state index >= 15 is 0 Å². The molecule has 0 atom stereocenters. The van der Waals surface area contributed by atoms with Crippen LogP contribution in [-0.4, -0.2) is 30.5 Å². The minimum absolute atomic E-state index is 0.0535. The summed E-state index contributed by atoms with van der Waals surface area (Å²) < 4.78 is 3.41. The summed E-state index contributed by atoms with van der Waals surface area (Å²) in [5.74, 6) is -0.197. The number of nitrogens with one attached hydrogen (secondary N) is 1. The molecule has 33 heavy (non-hydrogen) atoms. The molecule has 0 aliphatic rings.